The summed E-state index contributed by atoms with van der Waals surface area (Å²) in [6, 6.07) is 8.64. The van der Waals surface area contributed by atoms with Crippen molar-refractivity contribution in [2.75, 3.05) is 26.1 Å². The quantitative estimate of drug-likeness (QED) is 0.400. The van der Waals surface area contributed by atoms with Crippen LogP contribution in [0, 0.1) is 28.8 Å². The number of carbonyl (C=O) groups is 1. The van der Waals surface area contributed by atoms with E-state index >= 15 is 0 Å². The van der Waals surface area contributed by atoms with E-state index < -0.39 is 29.0 Å². The predicted molar refractivity (Wildman–Crippen MR) is 99.9 cm³/mol. The summed E-state index contributed by atoms with van der Waals surface area (Å²) in [5.41, 5.74) is 0.101. The maximum atomic E-state index is 13.6. The molecule has 0 heterocycles. The Hall–Kier alpha value is -3.67. The fourth-order valence-electron chi connectivity index (χ4n) is 2.39. The van der Waals surface area contributed by atoms with Gasteiger partial charge in [0.05, 0.1) is 19.9 Å². The van der Waals surface area contributed by atoms with Crippen molar-refractivity contribution in [3.63, 3.8) is 0 Å². The van der Waals surface area contributed by atoms with E-state index in [1.54, 1.807) is 18.2 Å². The first-order chi connectivity index (χ1) is 13.9. The number of nitrogens with zero attached hydrogens (tertiary/aromatic N) is 1. The van der Waals surface area contributed by atoms with Crippen LogP contribution in [0.15, 0.2) is 42.1 Å². The van der Waals surface area contributed by atoms with Gasteiger partial charge in [0.25, 0.3) is 5.91 Å². The fourth-order valence-corrected chi connectivity index (χ4v) is 2.39. The SMILES string of the molecule is COc1ccc(CCNC(=O)/C(C#N)=C\Nc2ccc(F)c(F)c2F)cc1OC. The standard InChI is InChI=1S/C20H18F3N3O3/c1-28-16-6-3-12(9-17(16)29-2)7-8-25-20(27)13(10-24)11-26-15-5-4-14(21)18(22)19(15)23/h3-6,9,11,26H,7-8H2,1-2H3,(H,25,27)/b13-11-. The number of benzene rings is 2. The Bertz CT molecular complexity index is 971. The minimum Gasteiger partial charge on any atom is -0.493 e. The molecule has 29 heavy (non-hydrogen) atoms. The molecule has 0 saturated carbocycles. The molecule has 2 aromatic carbocycles. The maximum absolute atomic E-state index is 13.6. The van der Waals surface area contributed by atoms with Gasteiger partial charge in [-0.05, 0) is 36.2 Å². The Kier molecular flexibility index (Phi) is 7.48. The summed E-state index contributed by atoms with van der Waals surface area (Å²) in [7, 11) is 3.03. The average Bonchev–Trinajstić information content (AvgIpc) is 2.73. The van der Waals surface area contributed by atoms with Crippen LogP contribution in [0.25, 0.3) is 0 Å². The number of anilines is 1. The van der Waals surface area contributed by atoms with Gasteiger partial charge in [0.2, 0.25) is 0 Å². The first kappa shape index (κ1) is 21.6. The molecule has 0 bridgehead atoms. The highest BCUT2D eigenvalue weighted by Gasteiger charge is 2.14. The molecule has 0 saturated heterocycles. The van der Waals surface area contributed by atoms with Gasteiger partial charge < -0.3 is 20.1 Å². The lowest BCUT2D eigenvalue weighted by Crippen LogP contribution is -2.27. The molecule has 1 amide bonds. The van der Waals surface area contributed by atoms with Gasteiger partial charge in [0, 0.05) is 12.7 Å². The van der Waals surface area contributed by atoms with Crippen LogP contribution in [-0.2, 0) is 11.2 Å². The maximum Gasteiger partial charge on any atom is 0.263 e. The molecule has 0 radical (unpaired) electrons. The Morgan fingerprint density at radius 2 is 1.83 bits per heavy atom. The third-order valence-electron chi connectivity index (χ3n) is 3.92. The van der Waals surface area contributed by atoms with Gasteiger partial charge in [0.15, 0.2) is 29.0 Å². The molecule has 0 aliphatic carbocycles. The number of ether oxygens (including phenoxy) is 2. The molecule has 0 atom stereocenters. The van der Waals surface area contributed by atoms with E-state index in [1.807, 2.05) is 6.07 Å². The van der Waals surface area contributed by atoms with Crippen molar-refractivity contribution >= 4 is 11.6 Å². The highest BCUT2D eigenvalue weighted by atomic mass is 19.2. The molecule has 0 aliphatic rings. The largest absolute Gasteiger partial charge is 0.493 e. The van der Waals surface area contributed by atoms with Gasteiger partial charge in [-0.2, -0.15) is 5.26 Å². The Balaban J connectivity index is 1.97. The number of hydrogen-bond acceptors (Lipinski definition) is 5. The highest BCUT2D eigenvalue weighted by Crippen LogP contribution is 2.27. The number of amides is 1. The van der Waals surface area contributed by atoms with Crippen LogP contribution in [0.1, 0.15) is 5.56 Å². The molecule has 6 nitrogen and oxygen atoms in total. The normalized spacial score (nSPS) is 10.8. The van der Waals surface area contributed by atoms with Gasteiger partial charge in [-0.3, -0.25) is 4.79 Å². The zero-order valence-electron chi connectivity index (χ0n) is 15.7. The van der Waals surface area contributed by atoms with Gasteiger partial charge in [-0.1, -0.05) is 6.07 Å². The summed E-state index contributed by atoms with van der Waals surface area (Å²) in [6.45, 7) is 0.215. The molecule has 0 fully saturated rings. The van der Waals surface area contributed by atoms with Crippen molar-refractivity contribution < 1.29 is 27.4 Å². The van der Waals surface area contributed by atoms with Crippen LogP contribution < -0.4 is 20.1 Å². The zero-order chi connectivity index (χ0) is 21.4. The van der Waals surface area contributed by atoms with Crippen LogP contribution >= 0.6 is 0 Å². The van der Waals surface area contributed by atoms with Crippen molar-refractivity contribution in [1.82, 2.24) is 5.32 Å². The zero-order valence-corrected chi connectivity index (χ0v) is 15.7. The van der Waals surface area contributed by atoms with E-state index in [4.69, 9.17) is 14.7 Å². The minimum atomic E-state index is -1.65. The van der Waals surface area contributed by atoms with Crippen molar-refractivity contribution in [3.05, 3.63) is 65.1 Å². The van der Waals surface area contributed by atoms with Gasteiger partial charge in [-0.25, -0.2) is 13.2 Å². The van der Waals surface area contributed by atoms with Crippen LogP contribution in [-0.4, -0.2) is 26.7 Å². The predicted octanol–water partition coefficient (Wildman–Crippen LogP) is 3.30. The van der Waals surface area contributed by atoms with E-state index in [0.717, 1.165) is 23.9 Å². The first-order valence-corrected chi connectivity index (χ1v) is 8.40. The van der Waals surface area contributed by atoms with E-state index in [0.29, 0.717) is 17.9 Å². The van der Waals surface area contributed by atoms with E-state index in [9.17, 15) is 18.0 Å². The number of methoxy groups -OCH3 is 2. The van der Waals surface area contributed by atoms with Crippen LogP contribution in [0.5, 0.6) is 11.5 Å². The summed E-state index contributed by atoms with van der Waals surface area (Å²) in [4.78, 5) is 12.1. The van der Waals surface area contributed by atoms with Crippen LogP contribution in [0.4, 0.5) is 18.9 Å². The van der Waals surface area contributed by atoms with E-state index in [-0.39, 0.29) is 12.1 Å². The molecule has 2 rings (SSSR count). The molecule has 0 aliphatic heterocycles. The highest BCUT2D eigenvalue weighted by molar-refractivity contribution is 5.97. The van der Waals surface area contributed by atoms with Crippen molar-refractivity contribution in [1.29, 1.82) is 5.26 Å². The Labute approximate surface area is 165 Å². The number of halogens is 3. The topological polar surface area (TPSA) is 83.4 Å². The number of nitrogens with one attached hydrogen (secondary N) is 2. The summed E-state index contributed by atoms with van der Waals surface area (Å²) in [6.07, 6.45) is 1.37. The fraction of sp³-hybridized carbons (Fsp3) is 0.200. The first-order valence-electron chi connectivity index (χ1n) is 8.40. The van der Waals surface area contributed by atoms with Gasteiger partial charge in [0.1, 0.15) is 11.6 Å². The summed E-state index contributed by atoms with van der Waals surface area (Å²) in [5, 5.41) is 13.9. The molecule has 0 aromatic heterocycles. The Morgan fingerprint density at radius 3 is 2.48 bits per heavy atom. The van der Waals surface area contributed by atoms with Gasteiger partial charge >= 0.3 is 0 Å². The molecule has 2 aromatic rings. The van der Waals surface area contributed by atoms with E-state index in [1.165, 1.54) is 14.2 Å². The smallest absolute Gasteiger partial charge is 0.263 e. The average molecular weight is 405 g/mol. The lowest BCUT2D eigenvalue weighted by Gasteiger charge is -2.10. The molecule has 2 N–H and O–H groups in total. The molecule has 0 spiro atoms. The minimum absolute atomic E-state index is 0.215. The summed E-state index contributed by atoms with van der Waals surface area (Å²) >= 11 is 0. The van der Waals surface area contributed by atoms with Crippen LogP contribution in [0.2, 0.25) is 0 Å². The van der Waals surface area contributed by atoms with Crippen molar-refractivity contribution in [2.45, 2.75) is 6.42 Å². The Morgan fingerprint density at radius 1 is 1.10 bits per heavy atom. The molecular formula is C20H18F3N3O3. The summed E-state index contributed by atoms with van der Waals surface area (Å²) < 4.78 is 50.1. The van der Waals surface area contributed by atoms with E-state index in [2.05, 4.69) is 10.6 Å². The molecule has 9 heteroatoms. The third kappa shape index (κ3) is 5.42. The van der Waals surface area contributed by atoms with Gasteiger partial charge in [-0.15, -0.1) is 0 Å². The number of hydrogen-bond donors (Lipinski definition) is 2. The number of carbonyl (C=O) groups excluding carboxylic acids is 1. The van der Waals surface area contributed by atoms with Crippen molar-refractivity contribution in [2.24, 2.45) is 0 Å². The van der Waals surface area contributed by atoms with Crippen molar-refractivity contribution in [3.8, 4) is 17.6 Å². The lowest BCUT2D eigenvalue weighted by atomic mass is 10.1. The molecule has 0 unspecified atom stereocenters. The monoisotopic (exact) mass is 405 g/mol. The third-order valence-corrected chi connectivity index (χ3v) is 3.92. The van der Waals surface area contributed by atoms with Crippen LogP contribution in [0.3, 0.4) is 0 Å². The second-order valence-electron chi connectivity index (χ2n) is 5.73. The molecular weight excluding hydrogens is 387 g/mol. The number of rotatable bonds is 8. The number of nitriles is 1. The summed E-state index contributed by atoms with van der Waals surface area (Å²) in [5.74, 6) is -4.03. The molecule has 152 valence electrons. The second-order valence-corrected chi connectivity index (χ2v) is 5.73. The lowest BCUT2D eigenvalue weighted by molar-refractivity contribution is -0.117. The second kappa shape index (κ2) is 10.0.